The molecule has 1 atom stereocenters. The van der Waals surface area contributed by atoms with E-state index in [1.807, 2.05) is 90.4 Å². The van der Waals surface area contributed by atoms with E-state index < -0.39 is 16.8 Å². The number of para-hydroxylation sites is 1. The first kappa shape index (κ1) is 28.9. The zero-order valence-corrected chi connectivity index (χ0v) is 24.7. The maximum atomic E-state index is 13.7. The molecule has 1 amide bonds. The molecule has 1 unspecified atom stereocenters. The molecular formula is C32H33N5O4S. The Morgan fingerprint density at radius 2 is 1.71 bits per heavy atom. The molecule has 2 heterocycles. The lowest BCUT2D eigenvalue weighted by molar-refractivity contribution is -0.138. The Hall–Kier alpha value is -4.57. The highest BCUT2D eigenvalue weighted by Gasteiger charge is 2.33. The van der Waals surface area contributed by atoms with Crippen molar-refractivity contribution in [3.63, 3.8) is 0 Å². The molecule has 216 valence electrons. The summed E-state index contributed by atoms with van der Waals surface area (Å²) >= 11 is 1.10. The number of hydrogen-bond acceptors (Lipinski definition) is 6. The second-order valence-electron chi connectivity index (χ2n) is 10.6. The number of benzene rings is 3. The molecule has 0 radical (unpaired) electrons. The third-order valence-corrected chi connectivity index (χ3v) is 8.28. The number of aromatic nitrogens is 4. The highest BCUT2D eigenvalue weighted by atomic mass is 32.2. The minimum absolute atomic E-state index is 0.159. The first-order valence-electron chi connectivity index (χ1n) is 13.6. The SMILES string of the molecule is COc1ccc(-n2c(SC(C)(C)C(=O)O)nnc2C(Cc2ccccc2)NC(=O)Cc2c(C)[nH]c3ccccc23)cc1. The van der Waals surface area contributed by atoms with Crippen LogP contribution in [0.25, 0.3) is 16.6 Å². The fourth-order valence-corrected chi connectivity index (χ4v) is 5.76. The van der Waals surface area contributed by atoms with Crippen LogP contribution in [0.4, 0.5) is 0 Å². The number of ether oxygens (including phenoxy) is 1. The van der Waals surface area contributed by atoms with Crippen molar-refractivity contribution in [2.45, 2.75) is 49.6 Å². The molecule has 0 spiro atoms. The maximum Gasteiger partial charge on any atom is 0.319 e. The predicted octanol–water partition coefficient (Wildman–Crippen LogP) is 5.66. The van der Waals surface area contributed by atoms with Crippen molar-refractivity contribution in [2.24, 2.45) is 0 Å². The number of aryl methyl sites for hydroxylation is 1. The van der Waals surface area contributed by atoms with Gasteiger partial charge >= 0.3 is 5.97 Å². The Balaban J connectivity index is 1.55. The van der Waals surface area contributed by atoms with Gasteiger partial charge in [-0.25, -0.2) is 0 Å². The number of nitrogens with one attached hydrogen (secondary N) is 2. The summed E-state index contributed by atoms with van der Waals surface area (Å²) in [6.45, 7) is 5.22. The van der Waals surface area contributed by atoms with Crippen LogP contribution in [0.15, 0.2) is 84.0 Å². The average molecular weight is 584 g/mol. The van der Waals surface area contributed by atoms with Crippen LogP contribution in [0, 0.1) is 6.92 Å². The third-order valence-electron chi connectivity index (χ3n) is 7.14. The van der Waals surface area contributed by atoms with E-state index in [0.717, 1.165) is 45.2 Å². The van der Waals surface area contributed by atoms with E-state index in [1.54, 1.807) is 21.0 Å². The van der Waals surface area contributed by atoms with Gasteiger partial charge in [-0.2, -0.15) is 0 Å². The monoisotopic (exact) mass is 583 g/mol. The highest BCUT2D eigenvalue weighted by molar-refractivity contribution is 8.01. The number of aliphatic carboxylic acids is 1. The van der Waals surface area contributed by atoms with Crippen LogP contribution in [0.2, 0.25) is 0 Å². The fraction of sp³-hybridized carbons (Fsp3) is 0.250. The number of carboxylic acid groups (broad SMARTS) is 1. The van der Waals surface area contributed by atoms with Crippen molar-refractivity contribution < 1.29 is 19.4 Å². The standard InChI is InChI=1S/C32H33N5O4S/c1-20-25(24-12-8-9-13-26(24)33-20)19-28(38)34-27(18-21-10-6-5-7-11-21)29-35-36-31(42-32(2,3)30(39)40)37(29)22-14-16-23(41-4)17-15-22/h5-17,27,33H,18-19H2,1-4H3,(H,34,38)(H,39,40). The van der Waals surface area contributed by atoms with Crippen LogP contribution in [-0.2, 0) is 22.4 Å². The van der Waals surface area contributed by atoms with Crippen LogP contribution in [0.3, 0.4) is 0 Å². The predicted molar refractivity (Wildman–Crippen MR) is 163 cm³/mol. The van der Waals surface area contributed by atoms with Crippen molar-refractivity contribution >= 4 is 34.5 Å². The summed E-state index contributed by atoms with van der Waals surface area (Å²) in [5.74, 6) is 0.0445. The molecule has 2 aromatic heterocycles. The Morgan fingerprint density at radius 1 is 1.02 bits per heavy atom. The molecule has 0 saturated heterocycles. The van der Waals surface area contributed by atoms with Crippen molar-refractivity contribution in [2.75, 3.05) is 7.11 Å². The first-order chi connectivity index (χ1) is 20.2. The van der Waals surface area contributed by atoms with E-state index >= 15 is 0 Å². The Kier molecular flexibility index (Phi) is 8.35. The van der Waals surface area contributed by atoms with Crippen molar-refractivity contribution in [1.82, 2.24) is 25.1 Å². The van der Waals surface area contributed by atoms with Crippen molar-refractivity contribution in [1.29, 1.82) is 0 Å². The highest BCUT2D eigenvalue weighted by Crippen LogP contribution is 2.35. The summed E-state index contributed by atoms with van der Waals surface area (Å²) < 4.78 is 6.00. The van der Waals surface area contributed by atoms with Gasteiger partial charge in [-0.05, 0) is 68.7 Å². The number of fused-ring (bicyclic) bond motifs is 1. The number of aromatic amines is 1. The number of carbonyl (C=O) groups is 2. The molecule has 5 rings (SSSR count). The van der Waals surface area contributed by atoms with E-state index in [2.05, 4.69) is 20.5 Å². The Labute approximate surface area is 248 Å². The van der Waals surface area contributed by atoms with Gasteiger partial charge in [0, 0.05) is 22.3 Å². The van der Waals surface area contributed by atoms with Gasteiger partial charge < -0.3 is 20.1 Å². The van der Waals surface area contributed by atoms with Crippen LogP contribution in [0.5, 0.6) is 5.75 Å². The van der Waals surface area contributed by atoms with E-state index in [1.165, 1.54) is 0 Å². The van der Waals surface area contributed by atoms with E-state index in [0.29, 0.717) is 23.2 Å². The summed E-state index contributed by atoms with van der Waals surface area (Å²) in [6, 6.07) is 24.6. The van der Waals surface area contributed by atoms with Gasteiger partial charge in [0.1, 0.15) is 10.5 Å². The van der Waals surface area contributed by atoms with Gasteiger partial charge in [0.05, 0.1) is 19.6 Å². The number of carbonyl (C=O) groups excluding carboxylic acids is 1. The lowest BCUT2D eigenvalue weighted by Crippen LogP contribution is -2.33. The average Bonchev–Trinajstić information content (AvgIpc) is 3.53. The zero-order chi connectivity index (χ0) is 29.9. The molecule has 0 fully saturated rings. The smallest absolute Gasteiger partial charge is 0.319 e. The molecule has 0 aliphatic rings. The normalized spacial score (nSPS) is 12.3. The molecule has 0 bridgehead atoms. The molecule has 3 aromatic carbocycles. The molecular weight excluding hydrogens is 550 g/mol. The fourth-order valence-electron chi connectivity index (χ4n) is 4.84. The maximum absolute atomic E-state index is 13.7. The minimum atomic E-state index is -1.17. The van der Waals surface area contributed by atoms with Gasteiger partial charge in [0.15, 0.2) is 11.0 Å². The van der Waals surface area contributed by atoms with E-state index in [4.69, 9.17) is 4.74 Å². The number of hydrogen-bond donors (Lipinski definition) is 3. The second kappa shape index (κ2) is 12.1. The third kappa shape index (κ3) is 6.18. The van der Waals surface area contributed by atoms with Gasteiger partial charge in [-0.1, -0.05) is 60.3 Å². The van der Waals surface area contributed by atoms with Crippen LogP contribution < -0.4 is 10.1 Å². The summed E-state index contributed by atoms with van der Waals surface area (Å²) in [7, 11) is 1.59. The Morgan fingerprint density at radius 3 is 2.40 bits per heavy atom. The Bertz CT molecular complexity index is 1710. The number of thioether (sulfide) groups is 1. The summed E-state index contributed by atoms with van der Waals surface area (Å²) in [5.41, 5.74) is 4.61. The van der Waals surface area contributed by atoms with E-state index in [-0.39, 0.29) is 12.3 Å². The van der Waals surface area contributed by atoms with Crippen molar-refractivity contribution in [3.8, 4) is 11.4 Å². The van der Waals surface area contributed by atoms with Gasteiger partial charge in [0.2, 0.25) is 5.91 Å². The molecule has 42 heavy (non-hydrogen) atoms. The molecule has 3 N–H and O–H groups in total. The number of H-pyrrole nitrogens is 1. The molecule has 0 saturated carbocycles. The van der Waals surface area contributed by atoms with Gasteiger partial charge in [0.25, 0.3) is 0 Å². The first-order valence-corrected chi connectivity index (χ1v) is 14.4. The van der Waals surface area contributed by atoms with Gasteiger partial charge in [-0.3, -0.25) is 14.2 Å². The van der Waals surface area contributed by atoms with Gasteiger partial charge in [-0.15, -0.1) is 10.2 Å². The zero-order valence-electron chi connectivity index (χ0n) is 23.9. The summed E-state index contributed by atoms with van der Waals surface area (Å²) in [5, 5.41) is 23.4. The van der Waals surface area contributed by atoms with E-state index in [9.17, 15) is 14.7 Å². The minimum Gasteiger partial charge on any atom is -0.497 e. The van der Waals surface area contributed by atoms with Crippen LogP contribution in [0.1, 0.15) is 42.5 Å². The number of methoxy groups -OCH3 is 1. The summed E-state index contributed by atoms with van der Waals surface area (Å²) in [4.78, 5) is 29.0. The number of nitrogens with zero attached hydrogens (tertiary/aromatic N) is 3. The number of amides is 1. The number of carboxylic acids is 1. The van der Waals surface area contributed by atoms with Crippen LogP contribution >= 0.6 is 11.8 Å². The topological polar surface area (TPSA) is 122 Å². The molecule has 0 aliphatic heterocycles. The number of rotatable bonds is 11. The molecule has 10 heteroatoms. The largest absolute Gasteiger partial charge is 0.497 e. The van der Waals surface area contributed by atoms with Crippen molar-refractivity contribution in [3.05, 3.63) is 102 Å². The molecule has 5 aromatic rings. The lowest BCUT2D eigenvalue weighted by atomic mass is 10.0. The summed E-state index contributed by atoms with van der Waals surface area (Å²) in [6.07, 6.45) is 0.645. The molecule has 0 aliphatic carbocycles. The lowest BCUT2D eigenvalue weighted by Gasteiger charge is -2.22. The van der Waals surface area contributed by atoms with Crippen LogP contribution in [-0.4, -0.2) is 48.6 Å². The molecule has 9 nitrogen and oxygen atoms in total. The second-order valence-corrected chi connectivity index (χ2v) is 12.1. The quantitative estimate of drug-likeness (QED) is 0.171.